The van der Waals surface area contributed by atoms with Crippen LogP contribution >= 0.6 is 0 Å². The molecule has 0 bridgehead atoms. The molecule has 0 aromatic heterocycles. The van der Waals surface area contributed by atoms with Gasteiger partial charge in [0.25, 0.3) is 0 Å². The molecule has 0 saturated carbocycles. The smallest absolute Gasteiger partial charge is 0.374 e. The van der Waals surface area contributed by atoms with Gasteiger partial charge in [-0.25, -0.2) is 0 Å². The van der Waals surface area contributed by atoms with Crippen LogP contribution in [0.3, 0.4) is 0 Å². The number of alkyl halides is 5. The van der Waals surface area contributed by atoms with E-state index in [1.54, 1.807) is 0 Å². The first-order valence-electron chi connectivity index (χ1n) is 5.18. The molecule has 1 amide bonds. The number of carbonyl (C=O) groups excluding carboxylic acids is 1. The van der Waals surface area contributed by atoms with E-state index in [4.69, 9.17) is 4.74 Å². The van der Waals surface area contributed by atoms with Crippen molar-refractivity contribution < 1.29 is 31.5 Å². The standard InChI is InChI=1S/C9H13F5N2O2/c1-16(5-6-4-15-2-3-18-6)7(17)8(10,11)9(12,13)14/h6,15H,2-5H2,1H3. The highest BCUT2D eigenvalue weighted by Gasteiger charge is 2.64. The second-order valence-corrected chi connectivity index (χ2v) is 3.95. The van der Waals surface area contributed by atoms with Gasteiger partial charge >= 0.3 is 18.0 Å². The van der Waals surface area contributed by atoms with E-state index in [0.717, 1.165) is 7.05 Å². The second kappa shape index (κ2) is 5.35. The number of morpholine rings is 1. The van der Waals surface area contributed by atoms with E-state index in [1.165, 1.54) is 0 Å². The van der Waals surface area contributed by atoms with E-state index >= 15 is 0 Å². The fourth-order valence-corrected chi connectivity index (χ4v) is 1.49. The molecule has 1 rings (SSSR count). The Bertz CT molecular complexity index is 302. The average molecular weight is 276 g/mol. The topological polar surface area (TPSA) is 41.6 Å². The lowest BCUT2D eigenvalue weighted by Gasteiger charge is -2.30. The lowest BCUT2D eigenvalue weighted by molar-refractivity contribution is -0.274. The summed E-state index contributed by atoms with van der Waals surface area (Å²) in [6, 6.07) is 0. The van der Waals surface area contributed by atoms with Gasteiger partial charge in [0.05, 0.1) is 12.7 Å². The predicted molar refractivity (Wildman–Crippen MR) is 51.2 cm³/mol. The Labute approximate surface area is 100 Å². The highest BCUT2D eigenvalue weighted by molar-refractivity contribution is 5.84. The molecule has 1 atom stereocenters. The quantitative estimate of drug-likeness (QED) is 0.769. The number of nitrogens with one attached hydrogen (secondary N) is 1. The molecule has 0 spiro atoms. The number of nitrogens with zero attached hydrogens (tertiary/aromatic N) is 1. The third-order valence-electron chi connectivity index (χ3n) is 2.45. The molecule has 106 valence electrons. The van der Waals surface area contributed by atoms with Crippen LogP contribution < -0.4 is 5.32 Å². The molecule has 1 aliphatic rings. The van der Waals surface area contributed by atoms with Crippen LogP contribution in [0.4, 0.5) is 22.0 Å². The van der Waals surface area contributed by atoms with Crippen LogP contribution in [0.1, 0.15) is 0 Å². The summed E-state index contributed by atoms with van der Waals surface area (Å²) in [5, 5.41) is 2.88. The maximum atomic E-state index is 12.8. The average Bonchev–Trinajstić information content (AvgIpc) is 2.27. The SMILES string of the molecule is CN(CC1CNCCO1)C(=O)C(F)(F)C(F)(F)F. The van der Waals surface area contributed by atoms with E-state index in [9.17, 15) is 26.7 Å². The molecular weight excluding hydrogens is 263 g/mol. The fraction of sp³-hybridized carbons (Fsp3) is 0.889. The molecule has 1 aliphatic heterocycles. The minimum Gasteiger partial charge on any atom is -0.374 e. The summed E-state index contributed by atoms with van der Waals surface area (Å²) in [4.78, 5) is 11.4. The Balaban J connectivity index is 2.60. The summed E-state index contributed by atoms with van der Waals surface area (Å²) in [7, 11) is 0.889. The largest absolute Gasteiger partial charge is 0.463 e. The van der Waals surface area contributed by atoms with Crippen molar-refractivity contribution in [2.24, 2.45) is 0 Å². The molecule has 4 nitrogen and oxygen atoms in total. The molecular formula is C9H13F5N2O2. The van der Waals surface area contributed by atoms with Gasteiger partial charge in [-0.15, -0.1) is 0 Å². The first kappa shape index (κ1) is 15.1. The summed E-state index contributed by atoms with van der Waals surface area (Å²) >= 11 is 0. The highest BCUT2D eigenvalue weighted by Crippen LogP contribution is 2.36. The zero-order chi connectivity index (χ0) is 14.0. The van der Waals surface area contributed by atoms with Gasteiger partial charge in [-0.3, -0.25) is 4.79 Å². The third kappa shape index (κ3) is 3.29. The van der Waals surface area contributed by atoms with Crippen LogP contribution in [0.5, 0.6) is 0 Å². The maximum absolute atomic E-state index is 12.8. The van der Waals surface area contributed by atoms with Crippen molar-refractivity contribution in [3.63, 3.8) is 0 Å². The van der Waals surface area contributed by atoms with Crippen LogP contribution in [0.15, 0.2) is 0 Å². The van der Waals surface area contributed by atoms with Crippen molar-refractivity contribution >= 4 is 5.91 Å². The number of halogens is 5. The first-order valence-corrected chi connectivity index (χ1v) is 5.18. The second-order valence-electron chi connectivity index (χ2n) is 3.95. The van der Waals surface area contributed by atoms with Crippen molar-refractivity contribution in [3.8, 4) is 0 Å². The summed E-state index contributed by atoms with van der Waals surface area (Å²) in [6.45, 7) is 0.877. The number of hydrogen-bond acceptors (Lipinski definition) is 3. The number of hydrogen-bond donors (Lipinski definition) is 1. The zero-order valence-corrected chi connectivity index (χ0v) is 9.56. The van der Waals surface area contributed by atoms with Gasteiger partial charge in [-0.05, 0) is 0 Å². The van der Waals surface area contributed by atoms with E-state index in [-0.39, 0.29) is 6.54 Å². The van der Waals surface area contributed by atoms with Gasteiger partial charge in [0.15, 0.2) is 0 Å². The van der Waals surface area contributed by atoms with E-state index in [1.807, 2.05) is 0 Å². The lowest BCUT2D eigenvalue weighted by atomic mass is 10.2. The Morgan fingerprint density at radius 1 is 1.39 bits per heavy atom. The van der Waals surface area contributed by atoms with Crippen molar-refractivity contribution in [2.45, 2.75) is 18.2 Å². The monoisotopic (exact) mass is 276 g/mol. The van der Waals surface area contributed by atoms with Gasteiger partial charge < -0.3 is 15.0 Å². The summed E-state index contributed by atoms with van der Waals surface area (Å²) in [5.41, 5.74) is 0. The summed E-state index contributed by atoms with van der Waals surface area (Å²) in [5.74, 6) is -7.65. The molecule has 9 heteroatoms. The first-order chi connectivity index (χ1) is 8.16. The fourth-order valence-electron chi connectivity index (χ4n) is 1.49. The number of likely N-dealkylation sites (N-methyl/N-ethyl adjacent to an activating group) is 1. The van der Waals surface area contributed by atoms with Crippen LogP contribution in [-0.2, 0) is 9.53 Å². The Morgan fingerprint density at radius 3 is 2.44 bits per heavy atom. The highest BCUT2D eigenvalue weighted by atomic mass is 19.4. The van der Waals surface area contributed by atoms with E-state index < -0.39 is 24.1 Å². The lowest BCUT2D eigenvalue weighted by Crippen LogP contribution is -2.54. The number of amides is 1. The molecule has 0 aromatic rings. The van der Waals surface area contributed by atoms with Crippen molar-refractivity contribution in [1.82, 2.24) is 10.2 Å². The molecule has 1 saturated heterocycles. The number of carbonyl (C=O) groups is 1. The molecule has 1 unspecified atom stereocenters. The molecule has 1 heterocycles. The molecule has 1 fully saturated rings. The van der Waals surface area contributed by atoms with E-state index in [0.29, 0.717) is 24.6 Å². The molecule has 0 radical (unpaired) electrons. The Morgan fingerprint density at radius 2 is 2.00 bits per heavy atom. The molecule has 0 aromatic carbocycles. The van der Waals surface area contributed by atoms with Crippen molar-refractivity contribution in [2.75, 3.05) is 33.3 Å². The normalized spacial score (nSPS) is 21.8. The molecule has 0 aliphatic carbocycles. The molecule has 1 N–H and O–H groups in total. The van der Waals surface area contributed by atoms with Gasteiger partial charge in [-0.1, -0.05) is 0 Å². The molecule has 18 heavy (non-hydrogen) atoms. The maximum Gasteiger partial charge on any atom is 0.463 e. The Kier molecular flexibility index (Phi) is 4.49. The van der Waals surface area contributed by atoms with Crippen LogP contribution in [0.2, 0.25) is 0 Å². The minimum absolute atomic E-state index is 0.301. The van der Waals surface area contributed by atoms with E-state index in [2.05, 4.69) is 5.32 Å². The van der Waals surface area contributed by atoms with Crippen molar-refractivity contribution in [1.29, 1.82) is 0 Å². The summed E-state index contributed by atoms with van der Waals surface area (Å²) in [6.07, 6.45) is -6.47. The van der Waals surface area contributed by atoms with Gasteiger partial charge in [0, 0.05) is 26.7 Å². The zero-order valence-electron chi connectivity index (χ0n) is 9.56. The number of ether oxygens (including phenoxy) is 1. The van der Waals surface area contributed by atoms with Crippen LogP contribution in [-0.4, -0.2) is 62.3 Å². The van der Waals surface area contributed by atoms with Gasteiger partial charge in [0.1, 0.15) is 0 Å². The predicted octanol–water partition coefficient (Wildman–Crippen LogP) is 0.631. The van der Waals surface area contributed by atoms with Gasteiger partial charge in [-0.2, -0.15) is 22.0 Å². The summed E-state index contributed by atoms with van der Waals surface area (Å²) < 4.78 is 66.6. The van der Waals surface area contributed by atoms with Crippen LogP contribution in [0.25, 0.3) is 0 Å². The number of rotatable bonds is 3. The third-order valence-corrected chi connectivity index (χ3v) is 2.45. The Hall–Kier alpha value is -0.960. The van der Waals surface area contributed by atoms with Crippen molar-refractivity contribution in [3.05, 3.63) is 0 Å². The minimum atomic E-state index is -5.88. The van der Waals surface area contributed by atoms with Crippen LogP contribution in [0, 0.1) is 0 Å². The van der Waals surface area contributed by atoms with Gasteiger partial charge in [0.2, 0.25) is 0 Å².